The van der Waals surface area contributed by atoms with Gasteiger partial charge in [-0.1, -0.05) is 17.7 Å². The highest BCUT2D eigenvalue weighted by atomic mass is 19.4. The first-order chi connectivity index (χ1) is 23.0. The number of carbonyl (C=O) groups is 2. The van der Waals surface area contributed by atoms with Crippen molar-refractivity contribution in [2.45, 2.75) is 63.3 Å². The van der Waals surface area contributed by atoms with Gasteiger partial charge in [-0.05, 0) is 76.7 Å². The largest absolute Gasteiger partial charge is 0.490 e. The van der Waals surface area contributed by atoms with E-state index in [2.05, 4.69) is 32.2 Å². The number of aromatic amines is 2. The number of piperidine rings is 1. The monoisotopic (exact) mass is 690 g/mol. The number of carboxylic acids is 1. The minimum Gasteiger partial charge on any atom is -0.475 e. The number of rotatable bonds is 8. The molecule has 1 saturated heterocycles. The molecule has 6 rings (SSSR count). The van der Waals surface area contributed by atoms with Crippen LogP contribution in [0.25, 0.3) is 22.4 Å². The molecule has 1 aromatic carbocycles. The minimum absolute atomic E-state index is 0.0325. The van der Waals surface area contributed by atoms with Gasteiger partial charge in [-0.3, -0.25) is 9.59 Å². The van der Waals surface area contributed by atoms with Gasteiger partial charge >= 0.3 is 12.1 Å². The van der Waals surface area contributed by atoms with Gasteiger partial charge in [0.05, 0.1) is 29.4 Å². The van der Waals surface area contributed by atoms with Crippen molar-refractivity contribution >= 4 is 28.6 Å². The summed E-state index contributed by atoms with van der Waals surface area (Å²) < 4.78 is 52.2. The first-order valence-corrected chi connectivity index (χ1v) is 15.7. The van der Waals surface area contributed by atoms with Gasteiger partial charge in [0.25, 0.3) is 11.5 Å². The molecule has 16 heteroatoms. The summed E-state index contributed by atoms with van der Waals surface area (Å²) in [5.74, 6) is -2.37. The molecule has 3 atom stereocenters. The molecule has 1 fully saturated rings. The number of aromatic nitrogens is 3. The number of pyridine rings is 1. The number of nitrogens with one attached hydrogen (secondary N) is 3. The van der Waals surface area contributed by atoms with E-state index in [1.54, 1.807) is 18.2 Å². The minimum atomic E-state index is -5.08. The molecule has 0 radical (unpaired) electrons. The molecule has 4 heterocycles. The number of imidazole rings is 1. The van der Waals surface area contributed by atoms with Gasteiger partial charge in [0, 0.05) is 30.9 Å². The summed E-state index contributed by atoms with van der Waals surface area (Å²) in [5, 5.41) is 20.8. The molecule has 2 unspecified atom stereocenters. The lowest BCUT2D eigenvalue weighted by Gasteiger charge is -2.34. The number of allylic oxidation sites excluding steroid dienone is 2. The molecule has 1 amide bonds. The van der Waals surface area contributed by atoms with Crippen LogP contribution in [0, 0.1) is 0 Å². The number of fused-ring (bicyclic) bond motifs is 2. The summed E-state index contributed by atoms with van der Waals surface area (Å²) in [6.45, 7) is 5.78. The van der Waals surface area contributed by atoms with E-state index in [9.17, 15) is 32.3 Å². The quantitative estimate of drug-likeness (QED) is 0.220. The van der Waals surface area contributed by atoms with E-state index in [0.29, 0.717) is 29.1 Å². The van der Waals surface area contributed by atoms with Crippen LogP contribution in [0.5, 0.6) is 0 Å². The van der Waals surface area contributed by atoms with Gasteiger partial charge in [-0.2, -0.15) is 13.2 Å². The number of aliphatic carboxylic acids is 1. The molecule has 1 aliphatic carbocycles. The van der Waals surface area contributed by atoms with Crippen molar-refractivity contribution in [1.29, 1.82) is 0 Å². The second-order valence-corrected chi connectivity index (χ2v) is 12.7. The molecule has 12 nitrogen and oxygen atoms in total. The van der Waals surface area contributed by atoms with E-state index in [0.717, 1.165) is 42.6 Å². The fourth-order valence-electron chi connectivity index (χ4n) is 6.15. The van der Waals surface area contributed by atoms with Crippen LogP contribution in [0.2, 0.25) is 0 Å². The number of aliphatic hydroxyl groups is 1. The van der Waals surface area contributed by atoms with Crippen molar-refractivity contribution in [2.24, 2.45) is 0 Å². The third-order valence-electron chi connectivity index (χ3n) is 8.70. The number of nitrogens with zero attached hydrogens (tertiary/aromatic N) is 3. The van der Waals surface area contributed by atoms with Crippen molar-refractivity contribution in [3.8, 4) is 11.4 Å². The second-order valence-electron chi connectivity index (χ2n) is 12.7. The zero-order chi connectivity index (χ0) is 35.7. The Hall–Kier alpha value is -4.54. The lowest BCUT2D eigenvalue weighted by molar-refractivity contribution is -0.192. The zero-order valence-electron chi connectivity index (χ0n) is 27.1. The molecule has 2 aliphatic heterocycles. The number of anilines is 1. The number of carboxylic acid groups (broad SMARTS) is 1. The summed E-state index contributed by atoms with van der Waals surface area (Å²) in [7, 11) is 2.11. The molecule has 0 spiro atoms. The first-order valence-electron chi connectivity index (χ1n) is 15.7. The number of ether oxygens (including phenoxy) is 1. The van der Waals surface area contributed by atoms with E-state index in [-0.39, 0.29) is 36.2 Å². The van der Waals surface area contributed by atoms with Gasteiger partial charge in [-0.15, -0.1) is 0 Å². The SMILES string of the molecule is CC1=CC(C)(F)C(OC[C@H](O)CNc2cc[nH]c(=O)c2-c2nc3cc4c(cc3[nH]2)CN(C2CCN(C)CC2)C4=O)C=C1.O=C(O)C(F)(F)F. The third kappa shape index (κ3) is 8.20. The molecular weight excluding hydrogens is 652 g/mol. The Kier molecular flexibility index (Phi) is 10.3. The van der Waals surface area contributed by atoms with Crippen LogP contribution in [-0.2, 0) is 16.1 Å². The molecule has 3 aromatic rings. The number of likely N-dealkylation sites (tertiary alicyclic amines) is 1. The Bertz CT molecular complexity index is 1830. The second kappa shape index (κ2) is 14.1. The molecule has 0 saturated carbocycles. The summed E-state index contributed by atoms with van der Waals surface area (Å²) in [5.41, 5.74) is 2.51. The number of amides is 1. The lowest BCUT2D eigenvalue weighted by Crippen LogP contribution is -2.43. The van der Waals surface area contributed by atoms with Crippen molar-refractivity contribution < 1.29 is 42.1 Å². The number of halogens is 4. The maximum atomic E-state index is 14.9. The summed E-state index contributed by atoms with van der Waals surface area (Å²) in [6.07, 6.45) is 1.57. The molecule has 49 heavy (non-hydrogen) atoms. The van der Waals surface area contributed by atoms with Crippen molar-refractivity contribution in [2.75, 3.05) is 38.6 Å². The van der Waals surface area contributed by atoms with Crippen molar-refractivity contribution in [3.63, 3.8) is 0 Å². The average molecular weight is 691 g/mol. The van der Waals surface area contributed by atoms with Gasteiger partial charge in [0.1, 0.15) is 17.5 Å². The fourth-order valence-corrected chi connectivity index (χ4v) is 6.15. The molecular formula is C33H38F4N6O6. The summed E-state index contributed by atoms with van der Waals surface area (Å²) in [6, 6.07) is 5.69. The van der Waals surface area contributed by atoms with Gasteiger partial charge in [-0.25, -0.2) is 14.2 Å². The molecule has 0 bridgehead atoms. The van der Waals surface area contributed by atoms with Gasteiger partial charge in [0.2, 0.25) is 0 Å². The van der Waals surface area contributed by atoms with Gasteiger partial charge in [0.15, 0.2) is 5.67 Å². The predicted octanol–water partition coefficient (Wildman–Crippen LogP) is 4.00. The molecule has 3 aliphatic rings. The van der Waals surface area contributed by atoms with E-state index < -0.39 is 30.0 Å². The molecule has 2 aromatic heterocycles. The van der Waals surface area contributed by atoms with Crippen LogP contribution >= 0.6 is 0 Å². The van der Waals surface area contributed by atoms with E-state index in [1.165, 1.54) is 19.2 Å². The number of hydrogen-bond donors (Lipinski definition) is 5. The highest BCUT2D eigenvalue weighted by molar-refractivity contribution is 6.02. The highest BCUT2D eigenvalue weighted by Gasteiger charge is 2.38. The maximum absolute atomic E-state index is 14.9. The molecule has 264 valence electrons. The van der Waals surface area contributed by atoms with E-state index >= 15 is 0 Å². The summed E-state index contributed by atoms with van der Waals surface area (Å²) in [4.78, 5) is 50.0. The lowest BCUT2D eigenvalue weighted by atomic mass is 9.93. The normalized spacial score (nSPS) is 22.0. The Labute approximate surface area is 278 Å². The zero-order valence-corrected chi connectivity index (χ0v) is 27.1. The number of H-pyrrole nitrogens is 2. The van der Waals surface area contributed by atoms with Crippen LogP contribution < -0.4 is 10.9 Å². The first kappa shape index (κ1) is 35.8. The fraction of sp³-hybridized carbons (Fsp3) is 0.455. The van der Waals surface area contributed by atoms with Crippen molar-refractivity contribution in [1.82, 2.24) is 24.8 Å². The maximum Gasteiger partial charge on any atom is 0.490 e. The number of benzene rings is 1. The van der Waals surface area contributed by atoms with Crippen LogP contribution in [0.1, 0.15) is 42.6 Å². The highest BCUT2D eigenvalue weighted by Crippen LogP contribution is 2.33. The standard InChI is InChI=1S/C31H37FN6O4.C2HF3O2/c1-18-4-5-26(31(2,32)14-18)42-17-21(39)15-34-23-6-9-33-29(40)27(23)28-35-24-12-19-16-38(20-7-10-37(3)11-8-20)30(41)22(19)13-25(24)36-28;3-2(4,5)1(6)7/h4-6,9,12-14,20-21,26,39H,7-8,10-11,15-17H2,1-3H3,(H,35,36)(H2,33,34,40);(H,6,7)/t21-,26?,31?;/m1./s1. The van der Waals surface area contributed by atoms with E-state index in [1.807, 2.05) is 24.0 Å². The van der Waals surface area contributed by atoms with Crippen LogP contribution in [0.3, 0.4) is 0 Å². The smallest absolute Gasteiger partial charge is 0.475 e. The predicted molar refractivity (Wildman–Crippen MR) is 173 cm³/mol. The van der Waals surface area contributed by atoms with Crippen molar-refractivity contribution in [3.05, 3.63) is 69.7 Å². The third-order valence-corrected chi connectivity index (χ3v) is 8.70. The topological polar surface area (TPSA) is 164 Å². The van der Waals surface area contributed by atoms with E-state index in [4.69, 9.17) is 14.6 Å². The van der Waals surface area contributed by atoms with Crippen LogP contribution in [-0.4, -0.2) is 110 Å². The average Bonchev–Trinajstić information content (AvgIpc) is 3.57. The van der Waals surface area contributed by atoms with Crippen LogP contribution in [0.4, 0.5) is 23.2 Å². The number of aliphatic hydroxyl groups excluding tert-OH is 1. The Morgan fingerprint density at radius 3 is 2.59 bits per heavy atom. The Balaban J connectivity index is 0.000000606. The number of carbonyl (C=O) groups excluding carboxylic acids is 1. The Morgan fingerprint density at radius 1 is 1.24 bits per heavy atom. The Morgan fingerprint density at radius 2 is 1.94 bits per heavy atom. The van der Waals surface area contributed by atoms with Crippen LogP contribution in [0.15, 0.2) is 53.0 Å². The number of alkyl halides is 4. The van der Waals surface area contributed by atoms with Gasteiger partial charge < -0.3 is 40.0 Å². The number of hydrogen-bond acceptors (Lipinski definition) is 8. The summed E-state index contributed by atoms with van der Waals surface area (Å²) >= 11 is 0. The molecule has 5 N–H and O–H groups in total.